The summed E-state index contributed by atoms with van der Waals surface area (Å²) in [6, 6.07) is 10.5. The Kier molecular flexibility index (Phi) is 3.03. The number of H-pyrrole nitrogens is 1. The van der Waals surface area contributed by atoms with Gasteiger partial charge >= 0.3 is 0 Å². The predicted molar refractivity (Wildman–Crippen MR) is 80.9 cm³/mol. The molecule has 5 heteroatoms. The SMILES string of the molecule is Cc1cc(Br)ccc1-n1c(=S)[nH]c2ccc(F)cc21. The van der Waals surface area contributed by atoms with Crippen molar-refractivity contribution in [3.63, 3.8) is 0 Å². The fraction of sp³-hybridized carbons (Fsp3) is 0.0714. The lowest BCUT2D eigenvalue weighted by molar-refractivity contribution is 0.629. The highest BCUT2D eigenvalue weighted by molar-refractivity contribution is 9.10. The van der Waals surface area contributed by atoms with Crippen molar-refractivity contribution in [1.82, 2.24) is 9.55 Å². The smallest absolute Gasteiger partial charge is 0.182 e. The van der Waals surface area contributed by atoms with E-state index in [0.29, 0.717) is 4.77 Å². The Bertz CT molecular complexity index is 835. The van der Waals surface area contributed by atoms with E-state index in [2.05, 4.69) is 20.9 Å². The van der Waals surface area contributed by atoms with Gasteiger partial charge in [0.1, 0.15) is 5.82 Å². The third kappa shape index (κ3) is 2.13. The Morgan fingerprint density at radius 2 is 2.00 bits per heavy atom. The van der Waals surface area contributed by atoms with Crippen LogP contribution in [-0.2, 0) is 0 Å². The highest BCUT2D eigenvalue weighted by Gasteiger charge is 2.09. The van der Waals surface area contributed by atoms with Crippen LogP contribution < -0.4 is 0 Å². The molecule has 0 atom stereocenters. The molecule has 3 aromatic rings. The van der Waals surface area contributed by atoms with Gasteiger partial charge in [-0.15, -0.1) is 0 Å². The molecule has 1 N–H and O–H groups in total. The number of nitrogens with one attached hydrogen (secondary N) is 1. The lowest BCUT2D eigenvalue weighted by atomic mass is 10.2. The number of halogens is 2. The molecule has 0 fully saturated rings. The molecule has 0 bridgehead atoms. The van der Waals surface area contributed by atoms with Crippen LogP contribution in [-0.4, -0.2) is 9.55 Å². The van der Waals surface area contributed by atoms with Crippen molar-refractivity contribution in [2.45, 2.75) is 6.92 Å². The quantitative estimate of drug-likeness (QED) is 0.627. The van der Waals surface area contributed by atoms with Crippen molar-refractivity contribution in [3.05, 3.63) is 57.0 Å². The van der Waals surface area contributed by atoms with Gasteiger partial charge in [-0.2, -0.15) is 0 Å². The summed E-state index contributed by atoms with van der Waals surface area (Å²) < 4.78 is 16.9. The summed E-state index contributed by atoms with van der Waals surface area (Å²) in [5.74, 6) is -0.273. The van der Waals surface area contributed by atoms with Crippen LogP contribution in [0.15, 0.2) is 40.9 Å². The number of aryl methyl sites for hydroxylation is 1. The largest absolute Gasteiger partial charge is 0.330 e. The van der Waals surface area contributed by atoms with Crippen molar-refractivity contribution in [3.8, 4) is 5.69 Å². The van der Waals surface area contributed by atoms with Crippen LogP contribution >= 0.6 is 28.1 Å². The number of aromatic nitrogens is 2. The summed E-state index contributed by atoms with van der Waals surface area (Å²) in [7, 11) is 0. The average molecular weight is 337 g/mol. The molecule has 0 saturated heterocycles. The van der Waals surface area contributed by atoms with E-state index in [1.807, 2.05) is 29.7 Å². The van der Waals surface area contributed by atoms with Gasteiger partial charge in [0.15, 0.2) is 4.77 Å². The first-order valence-corrected chi connectivity index (χ1v) is 6.93. The van der Waals surface area contributed by atoms with E-state index in [4.69, 9.17) is 12.2 Å². The Labute approximate surface area is 123 Å². The van der Waals surface area contributed by atoms with Crippen LogP contribution in [0.25, 0.3) is 16.7 Å². The van der Waals surface area contributed by atoms with Gasteiger partial charge in [0.05, 0.1) is 16.7 Å². The Balaban J connectivity index is 2.38. The first kappa shape index (κ1) is 12.6. The van der Waals surface area contributed by atoms with Gasteiger partial charge in [0.25, 0.3) is 0 Å². The zero-order chi connectivity index (χ0) is 13.6. The predicted octanol–water partition coefficient (Wildman–Crippen LogP) is 4.90. The van der Waals surface area contributed by atoms with E-state index in [0.717, 1.165) is 26.8 Å². The first-order chi connectivity index (χ1) is 9.06. The second-order valence-corrected chi connectivity index (χ2v) is 5.66. The van der Waals surface area contributed by atoms with Gasteiger partial charge in [-0.25, -0.2) is 4.39 Å². The number of fused-ring (bicyclic) bond motifs is 1. The summed E-state index contributed by atoms with van der Waals surface area (Å²) in [5, 5.41) is 0. The van der Waals surface area contributed by atoms with Gasteiger partial charge in [0.2, 0.25) is 0 Å². The number of benzene rings is 2. The van der Waals surface area contributed by atoms with Gasteiger partial charge < -0.3 is 4.98 Å². The summed E-state index contributed by atoms with van der Waals surface area (Å²) in [6.07, 6.45) is 0. The first-order valence-electron chi connectivity index (χ1n) is 5.73. The summed E-state index contributed by atoms with van der Waals surface area (Å²) in [6.45, 7) is 2.00. The zero-order valence-electron chi connectivity index (χ0n) is 10.1. The maximum absolute atomic E-state index is 13.4. The molecule has 0 aliphatic heterocycles. The molecule has 0 radical (unpaired) electrons. The van der Waals surface area contributed by atoms with Crippen LogP contribution in [0.1, 0.15) is 5.56 Å². The molecule has 0 aliphatic rings. The lowest BCUT2D eigenvalue weighted by Crippen LogP contribution is -1.97. The lowest BCUT2D eigenvalue weighted by Gasteiger charge is -2.08. The Morgan fingerprint density at radius 1 is 1.21 bits per heavy atom. The van der Waals surface area contributed by atoms with E-state index in [9.17, 15) is 4.39 Å². The number of imidazole rings is 1. The van der Waals surface area contributed by atoms with Gasteiger partial charge in [0, 0.05) is 10.5 Å². The normalized spacial score (nSPS) is 11.1. The van der Waals surface area contributed by atoms with Crippen molar-refractivity contribution in [2.75, 3.05) is 0 Å². The molecule has 96 valence electrons. The molecule has 1 aromatic heterocycles. The number of hydrogen-bond donors (Lipinski definition) is 1. The van der Waals surface area contributed by atoms with Crippen LogP contribution in [0.4, 0.5) is 4.39 Å². The molecule has 19 heavy (non-hydrogen) atoms. The Hall–Kier alpha value is -1.46. The van der Waals surface area contributed by atoms with Crippen LogP contribution in [0.5, 0.6) is 0 Å². The van der Waals surface area contributed by atoms with Crippen LogP contribution in [0.2, 0.25) is 0 Å². The zero-order valence-corrected chi connectivity index (χ0v) is 12.5. The second-order valence-electron chi connectivity index (χ2n) is 4.36. The maximum atomic E-state index is 13.4. The van der Waals surface area contributed by atoms with Crippen molar-refractivity contribution in [2.24, 2.45) is 0 Å². The maximum Gasteiger partial charge on any atom is 0.182 e. The molecular formula is C14H10BrFN2S. The topological polar surface area (TPSA) is 20.7 Å². The van der Waals surface area contributed by atoms with E-state index < -0.39 is 0 Å². The molecule has 3 rings (SSSR count). The molecule has 2 aromatic carbocycles. The summed E-state index contributed by atoms with van der Waals surface area (Å²) in [4.78, 5) is 3.09. The molecule has 0 saturated carbocycles. The third-order valence-corrected chi connectivity index (χ3v) is 3.82. The number of aromatic amines is 1. The molecule has 1 heterocycles. The summed E-state index contributed by atoms with van der Waals surface area (Å²) in [5.41, 5.74) is 3.59. The standard InChI is InChI=1S/C14H10BrFN2S/c1-8-6-9(15)2-5-12(8)18-13-7-10(16)3-4-11(13)17-14(18)19/h2-7H,1H3,(H,17,19). The minimum atomic E-state index is -0.273. The molecule has 0 aliphatic carbocycles. The van der Waals surface area contributed by atoms with Crippen molar-refractivity contribution < 1.29 is 4.39 Å². The Morgan fingerprint density at radius 3 is 2.74 bits per heavy atom. The second kappa shape index (κ2) is 4.58. The van der Waals surface area contributed by atoms with Crippen LogP contribution in [0.3, 0.4) is 0 Å². The van der Waals surface area contributed by atoms with Crippen molar-refractivity contribution in [1.29, 1.82) is 0 Å². The molecule has 0 unspecified atom stereocenters. The fourth-order valence-electron chi connectivity index (χ4n) is 2.18. The number of rotatable bonds is 1. The highest BCUT2D eigenvalue weighted by Crippen LogP contribution is 2.24. The van der Waals surface area contributed by atoms with E-state index in [1.165, 1.54) is 12.1 Å². The fourth-order valence-corrected chi connectivity index (χ4v) is 2.97. The third-order valence-electron chi connectivity index (χ3n) is 3.05. The van der Waals surface area contributed by atoms with E-state index in [-0.39, 0.29) is 5.82 Å². The van der Waals surface area contributed by atoms with E-state index >= 15 is 0 Å². The average Bonchev–Trinajstić information content (AvgIpc) is 2.65. The molecule has 0 spiro atoms. The van der Waals surface area contributed by atoms with E-state index in [1.54, 1.807) is 6.07 Å². The minimum Gasteiger partial charge on any atom is -0.330 e. The number of nitrogens with zero attached hydrogens (tertiary/aromatic N) is 1. The van der Waals surface area contributed by atoms with Gasteiger partial charge in [-0.05, 0) is 55.0 Å². The summed E-state index contributed by atoms with van der Waals surface area (Å²) >= 11 is 8.78. The van der Waals surface area contributed by atoms with Gasteiger partial charge in [-0.1, -0.05) is 15.9 Å². The molecular weight excluding hydrogens is 327 g/mol. The monoisotopic (exact) mass is 336 g/mol. The minimum absolute atomic E-state index is 0.273. The van der Waals surface area contributed by atoms with Crippen LogP contribution in [0, 0.1) is 17.5 Å². The van der Waals surface area contributed by atoms with Gasteiger partial charge in [-0.3, -0.25) is 4.57 Å². The molecule has 0 amide bonds. The van der Waals surface area contributed by atoms with Crippen molar-refractivity contribution >= 4 is 39.2 Å². The number of hydrogen-bond acceptors (Lipinski definition) is 1. The highest BCUT2D eigenvalue weighted by atomic mass is 79.9. The molecule has 2 nitrogen and oxygen atoms in total.